The zero-order chi connectivity index (χ0) is 29.2. The molecule has 1 aliphatic carbocycles. The van der Waals surface area contributed by atoms with Crippen LogP contribution in [0.3, 0.4) is 0 Å². The Hall–Kier alpha value is -4.08. The molecule has 4 aromatic heterocycles. The molecule has 5 heterocycles. The van der Waals surface area contributed by atoms with Crippen LogP contribution in [0.1, 0.15) is 37.7 Å². The van der Waals surface area contributed by atoms with Gasteiger partial charge in [0.1, 0.15) is 17.4 Å². The fourth-order valence-corrected chi connectivity index (χ4v) is 8.24. The molecule has 0 bridgehead atoms. The van der Waals surface area contributed by atoms with Gasteiger partial charge in [-0.15, -0.1) is 4.37 Å². The topological polar surface area (TPSA) is 157 Å². The number of aliphatic hydroxyl groups is 1. The van der Waals surface area contributed by atoms with Crippen LogP contribution in [0.5, 0.6) is 6.01 Å². The minimum atomic E-state index is -3.86. The summed E-state index contributed by atoms with van der Waals surface area (Å²) in [5.74, 6) is 1.05. The van der Waals surface area contributed by atoms with Gasteiger partial charge < -0.3 is 19.3 Å². The third-order valence-electron chi connectivity index (χ3n) is 8.21. The summed E-state index contributed by atoms with van der Waals surface area (Å²) in [6, 6.07) is 10.0. The van der Waals surface area contributed by atoms with E-state index in [-0.39, 0.29) is 34.8 Å². The molecule has 4 atom stereocenters. The number of fused-ring (bicyclic) bond motifs is 4. The van der Waals surface area contributed by atoms with Gasteiger partial charge in [0.2, 0.25) is 5.13 Å². The number of rotatable bonds is 6. The van der Waals surface area contributed by atoms with Gasteiger partial charge in [-0.25, -0.2) is 27.2 Å². The first kappa shape index (κ1) is 26.8. The molecule has 13 nitrogen and oxygen atoms in total. The van der Waals surface area contributed by atoms with Gasteiger partial charge in [0.15, 0.2) is 5.65 Å². The molecular weight excluding hydrogens is 580 g/mol. The number of hydrogen-bond acceptors (Lipinski definition) is 10. The third-order valence-corrected chi connectivity index (χ3v) is 10.5. The van der Waals surface area contributed by atoms with Crippen molar-refractivity contribution in [3.8, 4) is 6.01 Å². The summed E-state index contributed by atoms with van der Waals surface area (Å²) in [7, 11) is -2.39. The van der Waals surface area contributed by atoms with Crippen LogP contribution in [0, 0.1) is 11.8 Å². The van der Waals surface area contributed by atoms with Crippen molar-refractivity contribution in [1.29, 1.82) is 0 Å². The summed E-state index contributed by atoms with van der Waals surface area (Å²) in [4.78, 5) is 28.2. The van der Waals surface area contributed by atoms with E-state index in [1.54, 1.807) is 54.4 Å². The van der Waals surface area contributed by atoms with Gasteiger partial charge in [0.05, 0.1) is 23.7 Å². The summed E-state index contributed by atoms with van der Waals surface area (Å²) in [6.07, 6.45) is 3.83. The number of likely N-dealkylation sites (tertiary alicyclic amines) is 1. The van der Waals surface area contributed by atoms with Crippen molar-refractivity contribution >= 4 is 54.8 Å². The summed E-state index contributed by atoms with van der Waals surface area (Å²) < 4.78 is 39.2. The van der Waals surface area contributed by atoms with Crippen LogP contribution >= 0.6 is 11.5 Å². The molecule has 218 valence electrons. The number of ether oxygens (including phenoxy) is 1. The molecule has 0 spiro atoms. The van der Waals surface area contributed by atoms with Crippen molar-refractivity contribution in [2.45, 2.75) is 36.8 Å². The van der Waals surface area contributed by atoms with Crippen molar-refractivity contribution in [2.75, 3.05) is 25.5 Å². The maximum Gasteiger partial charge on any atom is 0.329 e. The Kier molecular flexibility index (Phi) is 6.40. The van der Waals surface area contributed by atoms with Crippen LogP contribution < -0.4 is 10.1 Å². The van der Waals surface area contributed by atoms with Crippen molar-refractivity contribution < 1.29 is 23.1 Å². The van der Waals surface area contributed by atoms with E-state index in [1.165, 1.54) is 17.3 Å². The van der Waals surface area contributed by atoms with E-state index < -0.39 is 16.1 Å². The van der Waals surface area contributed by atoms with Gasteiger partial charge in [0, 0.05) is 42.2 Å². The van der Waals surface area contributed by atoms with Crippen LogP contribution in [0.25, 0.3) is 22.1 Å². The largest absolute Gasteiger partial charge is 0.466 e. The lowest BCUT2D eigenvalue weighted by atomic mass is 10.0. The fourth-order valence-electron chi connectivity index (χ4n) is 6.39. The highest BCUT2D eigenvalue weighted by molar-refractivity contribution is 7.90. The molecule has 1 saturated heterocycles. The van der Waals surface area contributed by atoms with Crippen molar-refractivity contribution in [1.82, 2.24) is 32.8 Å². The zero-order valence-corrected chi connectivity index (χ0v) is 24.4. The number of nitrogens with one attached hydrogen (secondary N) is 1. The first-order valence-corrected chi connectivity index (χ1v) is 15.8. The third kappa shape index (κ3) is 4.30. The van der Waals surface area contributed by atoms with Gasteiger partial charge in [0.25, 0.3) is 10.0 Å². The van der Waals surface area contributed by atoms with Crippen molar-refractivity contribution in [3.05, 3.63) is 54.6 Å². The molecule has 2 fully saturated rings. The van der Waals surface area contributed by atoms with E-state index in [9.17, 15) is 18.3 Å². The Balaban J connectivity index is 1.19. The summed E-state index contributed by atoms with van der Waals surface area (Å²) >= 11 is 1.07. The average Bonchev–Trinajstić information content (AvgIpc) is 3.79. The van der Waals surface area contributed by atoms with Gasteiger partial charge in [-0.05, 0) is 49.8 Å². The second kappa shape index (κ2) is 10.0. The van der Waals surface area contributed by atoms with Gasteiger partial charge >= 0.3 is 12.0 Å². The Morgan fingerprint density at radius 1 is 1.14 bits per heavy atom. The first-order valence-electron chi connectivity index (χ1n) is 13.5. The SMILES string of the molecule is COc1nsc(NC(=O)N2CC3CC(n4c([C@@H](C)O)nc5cnc6c(ccn6S(=O)(=O)c6ccccc6)c54)C[C@H]3C2)n1. The van der Waals surface area contributed by atoms with E-state index in [0.717, 1.165) is 29.9 Å². The highest BCUT2D eigenvalue weighted by Crippen LogP contribution is 2.46. The minimum absolute atomic E-state index is 0.0203. The predicted molar refractivity (Wildman–Crippen MR) is 155 cm³/mol. The highest BCUT2D eigenvalue weighted by atomic mass is 32.2. The van der Waals surface area contributed by atoms with Crippen molar-refractivity contribution in [2.24, 2.45) is 11.8 Å². The molecule has 2 N–H and O–H groups in total. The Morgan fingerprint density at radius 2 is 1.88 bits per heavy atom. The molecule has 1 aromatic carbocycles. The number of amides is 2. The molecule has 2 aliphatic rings. The smallest absolute Gasteiger partial charge is 0.329 e. The zero-order valence-electron chi connectivity index (χ0n) is 22.8. The number of aliphatic hydroxyl groups excluding tert-OH is 1. The molecule has 2 amide bonds. The molecule has 7 rings (SSSR count). The Labute approximate surface area is 245 Å². The minimum Gasteiger partial charge on any atom is -0.466 e. The molecule has 5 aromatic rings. The summed E-state index contributed by atoms with van der Waals surface area (Å²) in [5, 5.41) is 14.6. The maximum atomic E-state index is 13.5. The average molecular weight is 609 g/mol. The number of carbonyl (C=O) groups excluding carboxylic acids is 1. The van der Waals surface area contributed by atoms with Crippen LogP contribution in [0.2, 0.25) is 0 Å². The lowest BCUT2D eigenvalue weighted by molar-refractivity contribution is 0.180. The molecule has 0 radical (unpaired) electrons. The number of aromatic nitrogens is 6. The molecule has 42 heavy (non-hydrogen) atoms. The van der Waals surface area contributed by atoms with E-state index in [1.807, 2.05) is 0 Å². The lowest BCUT2D eigenvalue weighted by Gasteiger charge is -2.22. The van der Waals surface area contributed by atoms with Gasteiger partial charge in [-0.3, -0.25) is 5.32 Å². The second-order valence-electron chi connectivity index (χ2n) is 10.7. The van der Waals surface area contributed by atoms with E-state index in [4.69, 9.17) is 9.72 Å². The van der Waals surface area contributed by atoms with E-state index in [0.29, 0.717) is 40.6 Å². The van der Waals surface area contributed by atoms with Crippen LogP contribution in [0.4, 0.5) is 9.93 Å². The molecular formula is C27H28N8O5S2. The van der Waals surface area contributed by atoms with E-state index >= 15 is 0 Å². The Bertz CT molecular complexity index is 1900. The number of nitrogens with zero attached hydrogens (tertiary/aromatic N) is 7. The number of urea groups is 1. The maximum absolute atomic E-state index is 13.5. The predicted octanol–water partition coefficient (Wildman–Crippen LogP) is 3.65. The fraction of sp³-hybridized carbons (Fsp3) is 0.370. The number of methoxy groups -OCH3 is 1. The first-order chi connectivity index (χ1) is 20.2. The monoisotopic (exact) mass is 608 g/mol. The molecule has 1 saturated carbocycles. The van der Waals surface area contributed by atoms with E-state index in [2.05, 4.69) is 24.2 Å². The van der Waals surface area contributed by atoms with Crippen molar-refractivity contribution in [3.63, 3.8) is 0 Å². The number of hydrogen-bond donors (Lipinski definition) is 2. The molecule has 1 aliphatic heterocycles. The number of imidazole rings is 1. The lowest BCUT2D eigenvalue weighted by Crippen LogP contribution is -2.34. The number of pyridine rings is 1. The quantitative estimate of drug-likeness (QED) is 0.294. The Morgan fingerprint density at radius 3 is 2.55 bits per heavy atom. The summed E-state index contributed by atoms with van der Waals surface area (Å²) in [5.41, 5.74) is 1.65. The van der Waals surface area contributed by atoms with Gasteiger partial charge in [-0.2, -0.15) is 4.98 Å². The van der Waals surface area contributed by atoms with Gasteiger partial charge in [-0.1, -0.05) is 18.2 Å². The number of anilines is 1. The van der Waals surface area contributed by atoms with Crippen LogP contribution in [-0.4, -0.2) is 72.5 Å². The molecule has 2 unspecified atom stereocenters. The number of carbonyl (C=O) groups is 1. The molecule has 15 heteroatoms. The highest BCUT2D eigenvalue weighted by Gasteiger charge is 2.44. The second-order valence-corrected chi connectivity index (χ2v) is 13.3. The normalized spacial score (nSPS) is 21.2. The van der Waals surface area contributed by atoms with Crippen LogP contribution in [-0.2, 0) is 10.0 Å². The van der Waals surface area contributed by atoms with Crippen LogP contribution in [0.15, 0.2) is 53.7 Å². The standard InChI is InChI=1S/C27H28N8O5S2/c1-15(36)23-29-21-12-28-24-20(8-9-34(24)42(38,39)19-6-4-3-5-7-19)22(21)35(23)18-10-16-13-33(14-17(16)11-18)27(37)31-26-30-25(40-2)32-41-26/h3-9,12,15-18,36H,10-11,13-14H2,1-2H3,(H,30,31,32,37)/t15-,16+,17?,18?/m1/s1. The summed E-state index contributed by atoms with van der Waals surface area (Å²) in [6.45, 7) is 2.88. The number of benzene rings is 1.